The Morgan fingerprint density at radius 3 is 2.83 bits per heavy atom. The van der Waals surface area contributed by atoms with E-state index in [1.165, 1.54) is 0 Å². The Morgan fingerprint density at radius 2 is 2.13 bits per heavy atom. The third-order valence-corrected chi connectivity index (χ3v) is 4.30. The summed E-state index contributed by atoms with van der Waals surface area (Å²) >= 11 is 7.51. The first-order chi connectivity index (χ1) is 11.0. The minimum absolute atomic E-state index is 0.255. The molecule has 1 aromatic heterocycles. The van der Waals surface area contributed by atoms with Gasteiger partial charge in [-0.1, -0.05) is 17.7 Å². The average molecular weight is 352 g/mol. The highest BCUT2D eigenvalue weighted by atomic mass is 35.5. The fraction of sp³-hybridized carbons (Fsp3) is 0.294. The molecular formula is C17H18ClNO3S. The van der Waals surface area contributed by atoms with Crippen LogP contribution in [0.15, 0.2) is 35.0 Å². The number of esters is 1. The molecule has 1 amide bonds. The summed E-state index contributed by atoms with van der Waals surface area (Å²) in [4.78, 5) is 23.9. The van der Waals surface area contributed by atoms with E-state index in [9.17, 15) is 9.59 Å². The first-order valence-corrected chi connectivity index (χ1v) is 8.55. The SMILES string of the molecule is Cc1ccc(Cl)cc1NC(=O)[C@@H](C)OC(=O)CCc1ccsc1. The van der Waals surface area contributed by atoms with Gasteiger partial charge >= 0.3 is 5.97 Å². The summed E-state index contributed by atoms with van der Waals surface area (Å²) in [6.07, 6.45) is 0.0117. The number of anilines is 1. The van der Waals surface area contributed by atoms with Crippen LogP contribution >= 0.6 is 22.9 Å². The lowest BCUT2D eigenvalue weighted by Gasteiger charge is -2.15. The largest absolute Gasteiger partial charge is 0.453 e. The number of benzene rings is 1. The maximum atomic E-state index is 12.1. The van der Waals surface area contributed by atoms with E-state index in [0.717, 1.165) is 11.1 Å². The van der Waals surface area contributed by atoms with Crippen molar-refractivity contribution in [2.45, 2.75) is 32.8 Å². The highest BCUT2D eigenvalue weighted by Crippen LogP contribution is 2.20. The summed E-state index contributed by atoms with van der Waals surface area (Å²) in [5, 5.41) is 7.21. The first-order valence-electron chi connectivity index (χ1n) is 7.23. The van der Waals surface area contributed by atoms with Crippen molar-refractivity contribution in [1.82, 2.24) is 0 Å². The van der Waals surface area contributed by atoms with Crippen molar-refractivity contribution < 1.29 is 14.3 Å². The van der Waals surface area contributed by atoms with Crippen LogP contribution in [0.4, 0.5) is 5.69 Å². The zero-order chi connectivity index (χ0) is 16.8. The van der Waals surface area contributed by atoms with Gasteiger partial charge in [-0.3, -0.25) is 9.59 Å². The van der Waals surface area contributed by atoms with Gasteiger partial charge in [0, 0.05) is 17.1 Å². The number of hydrogen-bond acceptors (Lipinski definition) is 4. The lowest BCUT2D eigenvalue weighted by molar-refractivity contribution is -0.153. The molecule has 0 saturated heterocycles. The molecule has 6 heteroatoms. The van der Waals surface area contributed by atoms with Gasteiger partial charge in [0.05, 0.1) is 0 Å². The molecule has 0 aliphatic carbocycles. The number of carbonyl (C=O) groups is 2. The number of ether oxygens (including phenoxy) is 1. The Bertz CT molecular complexity index is 685. The van der Waals surface area contributed by atoms with Crippen LogP contribution in [0.1, 0.15) is 24.5 Å². The fourth-order valence-electron chi connectivity index (χ4n) is 1.95. The molecule has 1 heterocycles. The summed E-state index contributed by atoms with van der Waals surface area (Å²) in [6, 6.07) is 7.20. The summed E-state index contributed by atoms with van der Waals surface area (Å²) in [5.41, 5.74) is 2.60. The van der Waals surface area contributed by atoms with Gasteiger partial charge < -0.3 is 10.1 Å². The number of thiophene rings is 1. The van der Waals surface area contributed by atoms with E-state index in [4.69, 9.17) is 16.3 Å². The smallest absolute Gasteiger partial charge is 0.306 e. The summed E-state index contributed by atoms with van der Waals surface area (Å²) in [5.74, 6) is -0.763. The normalized spacial score (nSPS) is 11.8. The Balaban J connectivity index is 1.84. The zero-order valence-electron chi connectivity index (χ0n) is 13.0. The van der Waals surface area contributed by atoms with Gasteiger partial charge in [-0.05, 0) is 60.4 Å². The van der Waals surface area contributed by atoms with Gasteiger partial charge in [-0.2, -0.15) is 11.3 Å². The maximum Gasteiger partial charge on any atom is 0.306 e. The van der Waals surface area contributed by atoms with Crippen molar-refractivity contribution in [3.8, 4) is 0 Å². The number of rotatable bonds is 6. The molecule has 122 valence electrons. The standard InChI is InChI=1S/C17H18ClNO3S/c1-11-3-5-14(18)9-15(11)19-17(21)12(2)22-16(20)6-4-13-7-8-23-10-13/h3,5,7-10,12H,4,6H2,1-2H3,(H,19,21)/t12-/m1/s1. The van der Waals surface area contributed by atoms with E-state index in [0.29, 0.717) is 17.1 Å². The van der Waals surface area contributed by atoms with Crippen LogP contribution < -0.4 is 5.32 Å². The molecule has 1 N–H and O–H groups in total. The van der Waals surface area contributed by atoms with E-state index in [1.807, 2.05) is 29.8 Å². The van der Waals surface area contributed by atoms with Gasteiger partial charge in [-0.25, -0.2) is 0 Å². The highest BCUT2D eigenvalue weighted by molar-refractivity contribution is 7.07. The molecule has 1 aromatic carbocycles. The van der Waals surface area contributed by atoms with Crippen LogP contribution in [0.3, 0.4) is 0 Å². The second-order valence-electron chi connectivity index (χ2n) is 5.21. The summed E-state index contributed by atoms with van der Waals surface area (Å²) in [7, 11) is 0. The molecular weight excluding hydrogens is 334 g/mol. The molecule has 0 unspecified atom stereocenters. The number of nitrogens with one attached hydrogen (secondary N) is 1. The molecule has 0 aliphatic heterocycles. The van der Waals surface area contributed by atoms with Gasteiger partial charge in [0.15, 0.2) is 6.10 Å². The van der Waals surface area contributed by atoms with Gasteiger partial charge in [0.25, 0.3) is 5.91 Å². The van der Waals surface area contributed by atoms with E-state index < -0.39 is 6.10 Å². The molecule has 0 radical (unpaired) electrons. The number of amides is 1. The molecule has 0 aliphatic rings. The maximum absolute atomic E-state index is 12.1. The number of halogens is 1. The molecule has 4 nitrogen and oxygen atoms in total. The quantitative estimate of drug-likeness (QED) is 0.793. The fourth-order valence-corrected chi connectivity index (χ4v) is 2.83. The molecule has 2 aromatic rings. The van der Waals surface area contributed by atoms with Crippen LogP contribution in [0.5, 0.6) is 0 Å². The molecule has 0 spiro atoms. The Labute approximate surface area is 144 Å². The molecule has 0 bridgehead atoms. The van der Waals surface area contributed by atoms with Crippen molar-refractivity contribution >= 4 is 40.5 Å². The van der Waals surface area contributed by atoms with Gasteiger partial charge in [0.1, 0.15) is 0 Å². The van der Waals surface area contributed by atoms with Crippen molar-refractivity contribution in [3.05, 3.63) is 51.2 Å². The summed E-state index contributed by atoms with van der Waals surface area (Å²) in [6.45, 7) is 3.42. The lowest BCUT2D eigenvalue weighted by Crippen LogP contribution is -2.30. The number of carbonyl (C=O) groups excluding carboxylic acids is 2. The molecule has 0 fully saturated rings. The topological polar surface area (TPSA) is 55.4 Å². The highest BCUT2D eigenvalue weighted by Gasteiger charge is 2.18. The third kappa shape index (κ3) is 5.37. The lowest BCUT2D eigenvalue weighted by atomic mass is 10.2. The van der Waals surface area contributed by atoms with Gasteiger partial charge in [0.2, 0.25) is 0 Å². The predicted octanol–water partition coefficient (Wildman–Crippen LogP) is 4.21. The molecule has 0 saturated carbocycles. The van der Waals surface area contributed by atoms with Crippen molar-refractivity contribution in [2.75, 3.05) is 5.32 Å². The van der Waals surface area contributed by atoms with Crippen molar-refractivity contribution in [1.29, 1.82) is 0 Å². The molecule has 2 rings (SSSR count). The van der Waals surface area contributed by atoms with E-state index in [2.05, 4.69) is 5.32 Å². The van der Waals surface area contributed by atoms with Crippen molar-refractivity contribution in [2.24, 2.45) is 0 Å². The Morgan fingerprint density at radius 1 is 1.35 bits per heavy atom. The van der Waals surface area contributed by atoms with E-state index in [-0.39, 0.29) is 18.3 Å². The molecule has 23 heavy (non-hydrogen) atoms. The third-order valence-electron chi connectivity index (χ3n) is 3.33. The predicted molar refractivity (Wildman–Crippen MR) is 93.0 cm³/mol. The zero-order valence-corrected chi connectivity index (χ0v) is 14.5. The Kier molecular flexibility index (Phi) is 6.19. The van der Waals surface area contributed by atoms with Crippen LogP contribution in [-0.4, -0.2) is 18.0 Å². The van der Waals surface area contributed by atoms with Crippen LogP contribution in [0.2, 0.25) is 5.02 Å². The van der Waals surface area contributed by atoms with Gasteiger partial charge in [-0.15, -0.1) is 0 Å². The minimum atomic E-state index is -0.858. The monoisotopic (exact) mass is 351 g/mol. The van der Waals surface area contributed by atoms with Crippen LogP contribution in [0, 0.1) is 6.92 Å². The van der Waals surface area contributed by atoms with Crippen molar-refractivity contribution in [3.63, 3.8) is 0 Å². The summed E-state index contributed by atoms with van der Waals surface area (Å²) < 4.78 is 5.17. The van der Waals surface area contributed by atoms with E-state index >= 15 is 0 Å². The van der Waals surface area contributed by atoms with E-state index in [1.54, 1.807) is 30.4 Å². The first kappa shape index (κ1) is 17.5. The van der Waals surface area contributed by atoms with Crippen LogP contribution in [0.25, 0.3) is 0 Å². The second kappa shape index (κ2) is 8.13. The molecule has 1 atom stereocenters. The minimum Gasteiger partial charge on any atom is -0.453 e. The number of aryl methyl sites for hydroxylation is 2. The number of hydrogen-bond donors (Lipinski definition) is 1. The average Bonchev–Trinajstić information content (AvgIpc) is 3.02. The second-order valence-corrected chi connectivity index (χ2v) is 6.43. The van der Waals surface area contributed by atoms with Crippen LogP contribution in [-0.2, 0) is 20.7 Å². The Hall–Kier alpha value is -1.85.